The Morgan fingerprint density at radius 3 is 2.60 bits per heavy atom. The zero-order valence-electron chi connectivity index (χ0n) is 12.7. The summed E-state index contributed by atoms with van der Waals surface area (Å²) < 4.78 is 0. The van der Waals surface area contributed by atoms with Crippen LogP contribution in [0.25, 0.3) is 0 Å². The fourth-order valence-electron chi connectivity index (χ4n) is 2.85. The molecule has 1 heterocycles. The first kappa shape index (κ1) is 15.7. The number of hydrogen-bond donors (Lipinski definition) is 1. The van der Waals surface area contributed by atoms with Gasteiger partial charge in [0.05, 0.1) is 0 Å². The first-order valence-corrected chi connectivity index (χ1v) is 8.94. The smallest absolute Gasteiger partial charge is 0.246 e. The predicted molar refractivity (Wildman–Crippen MR) is 82.6 cm³/mol. The zero-order chi connectivity index (χ0) is 14.7. The minimum atomic E-state index is -0.278. The minimum Gasteiger partial charge on any atom is -0.342 e. The molecule has 1 saturated heterocycles. The van der Waals surface area contributed by atoms with Gasteiger partial charge in [-0.3, -0.25) is 9.59 Å². The molecule has 114 valence electrons. The van der Waals surface area contributed by atoms with E-state index in [9.17, 15) is 9.59 Å². The van der Waals surface area contributed by atoms with Gasteiger partial charge in [-0.1, -0.05) is 27.2 Å². The van der Waals surface area contributed by atoms with Crippen molar-refractivity contribution >= 4 is 23.6 Å². The summed E-state index contributed by atoms with van der Waals surface area (Å²) in [7, 11) is 0. The van der Waals surface area contributed by atoms with Gasteiger partial charge in [0, 0.05) is 12.3 Å². The Morgan fingerprint density at radius 2 is 2.05 bits per heavy atom. The molecule has 1 aliphatic carbocycles. The van der Waals surface area contributed by atoms with Gasteiger partial charge < -0.3 is 10.2 Å². The monoisotopic (exact) mass is 298 g/mol. The van der Waals surface area contributed by atoms with Gasteiger partial charge in [0.25, 0.3) is 0 Å². The van der Waals surface area contributed by atoms with Gasteiger partial charge in [0.2, 0.25) is 11.8 Å². The van der Waals surface area contributed by atoms with E-state index in [1.807, 2.05) is 16.7 Å². The molecule has 0 spiro atoms. The molecule has 0 aromatic heterocycles. The zero-order valence-corrected chi connectivity index (χ0v) is 13.5. The average molecular weight is 298 g/mol. The largest absolute Gasteiger partial charge is 0.342 e. The lowest BCUT2D eigenvalue weighted by atomic mass is 9.92. The van der Waals surface area contributed by atoms with Crippen molar-refractivity contribution in [3.05, 3.63) is 0 Å². The van der Waals surface area contributed by atoms with Gasteiger partial charge in [0.1, 0.15) is 12.1 Å². The van der Waals surface area contributed by atoms with Crippen LogP contribution in [0.4, 0.5) is 0 Å². The molecule has 1 N–H and O–H groups in total. The topological polar surface area (TPSA) is 49.4 Å². The van der Waals surface area contributed by atoms with Crippen LogP contribution in [0, 0.1) is 11.8 Å². The highest BCUT2D eigenvalue weighted by molar-refractivity contribution is 7.99. The van der Waals surface area contributed by atoms with Gasteiger partial charge in [0.15, 0.2) is 0 Å². The van der Waals surface area contributed by atoms with E-state index in [-0.39, 0.29) is 29.8 Å². The Morgan fingerprint density at radius 1 is 1.35 bits per heavy atom. The molecule has 1 saturated carbocycles. The van der Waals surface area contributed by atoms with Crippen LogP contribution in [-0.2, 0) is 9.59 Å². The van der Waals surface area contributed by atoms with Crippen LogP contribution in [0.2, 0.25) is 0 Å². The number of rotatable bonds is 7. The molecule has 0 radical (unpaired) electrons. The van der Waals surface area contributed by atoms with Crippen molar-refractivity contribution in [2.45, 2.75) is 52.1 Å². The summed E-state index contributed by atoms with van der Waals surface area (Å²) >= 11 is 1.83. The molecule has 3 atom stereocenters. The molecule has 0 aromatic carbocycles. The molecule has 2 amide bonds. The summed E-state index contributed by atoms with van der Waals surface area (Å²) in [4.78, 5) is 27.0. The van der Waals surface area contributed by atoms with Crippen molar-refractivity contribution in [3.63, 3.8) is 0 Å². The van der Waals surface area contributed by atoms with E-state index in [0.29, 0.717) is 12.5 Å². The quantitative estimate of drug-likeness (QED) is 0.730. The molecule has 2 aliphatic rings. The van der Waals surface area contributed by atoms with Crippen molar-refractivity contribution in [2.75, 3.05) is 18.1 Å². The van der Waals surface area contributed by atoms with Crippen LogP contribution in [0.1, 0.15) is 40.0 Å². The van der Waals surface area contributed by atoms with Gasteiger partial charge in [-0.05, 0) is 30.4 Å². The molecule has 20 heavy (non-hydrogen) atoms. The first-order chi connectivity index (χ1) is 9.60. The number of carbonyl (C=O) groups is 2. The van der Waals surface area contributed by atoms with Crippen molar-refractivity contribution in [1.29, 1.82) is 0 Å². The Hall–Kier alpha value is -0.710. The summed E-state index contributed by atoms with van der Waals surface area (Å²) in [6, 6.07) is -0.533. The van der Waals surface area contributed by atoms with Gasteiger partial charge >= 0.3 is 0 Å². The summed E-state index contributed by atoms with van der Waals surface area (Å²) in [5, 5.41) is 2.98. The number of carbonyl (C=O) groups excluding carboxylic acids is 2. The fourth-order valence-corrected chi connectivity index (χ4v) is 3.47. The molecule has 0 bridgehead atoms. The molecule has 0 aromatic rings. The van der Waals surface area contributed by atoms with Crippen molar-refractivity contribution in [3.8, 4) is 0 Å². The minimum absolute atomic E-state index is 0.0531. The van der Waals surface area contributed by atoms with E-state index >= 15 is 0 Å². The second kappa shape index (κ2) is 6.83. The van der Waals surface area contributed by atoms with E-state index in [0.717, 1.165) is 30.8 Å². The van der Waals surface area contributed by atoms with E-state index in [2.05, 4.69) is 26.1 Å². The Kier molecular flexibility index (Phi) is 5.35. The highest BCUT2D eigenvalue weighted by atomic mass is 32.2. The fraction of sp³-hybridized carbons (Fsp3) is 0.867. The van der Waals surface area contributed by atoms with Crippen LogP contribution >= 0.6 is 11.8 Å². The maximum atomic E-state index is 12.7. The maximum absolute atomic E-state index is 12.7. The van der Waals surface area contributed by atoms with Gasteiger partial charge in [-0.15, -0.1) is 0 Å². The summed E-state index contributed by atoms with van der Waals surface area (Å²) in [5.41, 5.74) is 0. The van der Waals surface area contributed by atoms with Crippen LogP contribution in [0.15, 0.2) is 0 Å². The maximum Gasteiger partial charge on any atom is 0.246 e. The number of hydrogen-bond acceptors (Lipinski definition) is 3. The van der Waals surface area contributed by atoms with E-state index in [4.69, 9.17) is 0 Å². The van der Waals surface area contributed by atoms with Crippen LogP contribution in [0.3, 0.4) is 0 Å². The summed E-state index contributed by atoms with van der Waals surface area (Å²) in [6.07, 6.45) is 3.06. The molecule has 3 unspecified atom stereocenters. The highest BCUT2D eigenvalue weighted by Gasteiger charge is 2.47. The third-order valence-corrected chi connectivity index (χ3v) is 5.29. The van der Waals surface area contributed by atoms with Crippen molar-refractivity contribution < 1.29 is 9.59 Å². The number of amides is 2. The SMILES string of the molecule is CCSCCN1C(=O)C(C2CC2)NC(=O)C1C(C)CC. The lowest BCUT2D eigenvalue weighted by Gasteiger charge is -2.41. The van der Waals surface area contributed by atoms with E-state index in [1.54, 1.807) is 0 Å². The second-order valence-electron chi connectivity index (χ2n) is 5.88. The molecule has 4 nitrogen and oxygen atoms in total. The first-order valence-electron chi connectivity index (χ1n) is 7.78. The van der Waals surface area contributed by atoms with Gasteiger partial charge in [-0.25, -0.2) is 0 Å². The van der Waals surface area contributed by atoms with Crippen LogP contribution < -0.4 is 5.32 Å². The van der Waals surface area contributed by atoms with Crippen LogP contribution in [-0.4, -0.2) is 46.8 Å². The number of nitrogens with zero attached hydrogens (tertiary/aromatic N) is 1. The molecule has 2 fully saturated rings. The molecular weight excluding hydrogens is 272 g/mol. The van der Waals surface area contributed by atoms with E-state index < -0.39 is 0 Å². The molecule has 2 rings (SSSR count). The van der Waals surface area contributed by atoms with Crippen LogP contribution in [0.5, 0.6) is 0 Å². The summed E-state index contributed by atoms with van der Waals surface area (Å²) in [5.74, 6) is 2.76. The Balaban J connectivity index is 2.11. The standard InChI is InChI=1S/C15H26N2O2S/c1-4-10(3)13-14(18)16-12(11-6-7-11)15(19)17(13)8-9-20-5-2/h10-13H,4-9H2,1-3H3,(H,16,18). The summed E-state index contributed by atoms with van der Waals surface area (Å²) in [6.45, 7) is 6.96. The number of nitrogens with one attached hydrogen (secondary N) is 1. The molecule has 5 heteroatoms. The van der Waals surface area contributed by atoms with Crippen molar-refractivity contribution in [2.24, 2.45) is 11.8 Å². The normalized spacial score (nSPS) is 28.4. The average Bonchev–Trinajstić information content (AvgIpc) is 3.26. The Labute approximate surface area is 126 Å². The number of thioether (sulfide) groups is 1. The lowest BCUT2D eigenvalue weighted by Crippen LogP contribution is -2.65. The van der Waals surface area contributed by atoms with Crippen molar-refractivity contribution in [1.82, 2.24) is 10.2 Å². The van der Waals surface area contributed by atoms with Gasteiger partial charge in [-0.2, -0.15) is 11.8 Å². The number of piperazine rings is 1. The predicted octanol–water partition coefficient (Wildman–Crippen LogP) is 1.89. The molecular formula is C15H26N2O2S. The highest BCUT2D eigenvalue weighted by Crippen LogP contribution is 2.36. The third-order valence-electron chi connectivity index (χ3n) is 4.41. The second-order valence-corrected chi connectivity index (χ2v) is 7.28. The Bertz CT molecular complexity index is 371. The lowest BCUT2D eigenvalue weighted by molar-refractivity contribution is -0.151. The molecule has 1 aliphatic heterocycles. The third kappa shape index (κ3) is 3.30. The van der Waals surface area contributed by atoms with E-state index in [1.165, 1.54) is 0 Å².